The van der Waals surface area contributed by atoms with Crippen molar-refractivity contribution in [2.75, 3.05) is 20.2 Å². The Bertz CT molecular complexity index is 424. The van der Waals surface area contributed by atoms with Crippen LogP contribution < -0.4 is 4.74 Å². The maximum Gasteiger partial charge on any atom is 0.120 e. The van der Waals surface area contributed by atoms with Crippen LogP contribution in [0.4, 0.5) is 0 Å². The molecule has 0 atom stereocenters. The smallest absolute Gasteiger partial charge is 0.120 e. The molecule has 1 aromatic rings. The first-order valence-electron chi connectivity index (χ1n) is 7.33. The van der Waals surface area contributed by atoms with Crippen LogP contribution in [-0.4, -0.2) is 30.2 Å². The van der Waals surface area contributed by atoms with Gasteiger partial charge in [0.15, 0.2) is 0 Å². The third-order valence-electron chi connectivity index (χ3n) is 4.68. The molecule has 0 radical (unpaired) electrons. The van der Waals surface area contributed by atoms with Gasteiger partial charge in [0, 0.05) is 25.2 Å². The van der Waals surface area contributed by atoms with Gasteiger partial charge in [0.05, 0.1) is 7.11 Å². The zero-order chi connectivity index (χ0) is 13.2. The Morgan fingerprint density at radius 2 is 1.79 bits per heavy atom. The zero-order valence-electron chi connectivity index (χ0n) is 11.6. The van der Waals surface area contributed by atoms with Crippen LogP contribution in [0.1, 0.15) is 31.2 Å². The summed E-state index contributed by atoms with van der Waals surface area (Å²) < 4.78 is 5.25. The van der Waals surface area contributed by atoms with E-state index in [2.05, 4.69) is 4.90 Å². The van der Waals surface area contributed by atoms with Gasteiger partial charge >= 0.3 is 0 Å². The van der Waals surface area contributed by atoms with Crippen molar-refractivity contribution in [2.24, 2.45) is 11.8 Å². The number of aromatic hydroxyl groups is 1. The van der Waals surface area contributed by atoms with Gasteiger partial charge in [-0.05, 0) is 55.7 Å². The Labute approximate surface area is 115 Å². The predicted octanol–water partition coefficient (Wildman–Crippen LogP) is 3.02. The van der Waals surface area contributed by atoms with E-state index >= 15 is 0 Å². The minimum Gasteiger partial charge on any atom is -0.508 e. The molecule has 1 N–H and O–H groups in total. The number of nitrogens with zero attached hydrogens (tertiary/aromatic N) is 1. The van der Waals surface area contributed by atoms with Gasteiger partial charge in [-0.2, -0.15) is 0 Å². The lowest BCUT2D eigenvalue weighted by Gasteiger charge is -2.23. The van der Waals surface area contributed by atoms with Gasteiger partial charge in [-0.25, -0.2) is 0 Å². The summed E-state index contributed by atoms with van der Waals surface area (Å²) in [6.07, 6.45) is 5.58. The topological polar surface area (TPSA) is 32.7 Å². The van der Waals surface area contributed by atoms with Crippen LogP contribution in [0, 0.1) is 11.8 Å². The van der Waals surface area contributed by atoms with Crippen molar-refractivity contribution in [3.05, 3.63) is 23.8 Å². The van der Waals surface area contributed by atoms with Crippen LogP contribution in [0.3, 0.4) is 0 Å². The van der Waals surface area contributed by atoms with Gasteiger partial charge in [0.25, 0.3) is 0 Å². The number of ether oxygens (including phenoxy) is 1. The van der Waals surface area contributed by atoms with E-state index in [1.807, 2.05) is 12.1 Å². The van der Waals surface area contributed by atoms with E-state index in [0.717, 1.165) is 29.7 Å². The fourth-order valence-corrected chi connectivity index (χ4v) is 3.59. The summed E-state index contributed by atoms with van der Waals surface area (Å²) in [7, 11) is 1.67. The quantitative estimate of drug-likeness (QED) is 0.908. The molecule has 2 saturated heterocycles. The minimum absolute atomic E-state index is 0.386. The number of methoxy groups -OCH3 is 1. The van der Waals surface area contributed by atoms with Crippen molar-refractivity contribution in [3.63, 3.8) is 0 Å². The summed E-state index contributed by atoms with van der Waals surface area (Å²) in [6, 6.07) is 5.51. The number of benzene rings is 1. The summed E-state index contributed by atoms with van der Waals surface area (Å²) in [4.78, 5) is 2.52. The molecule has 3 nitrogen and oxygen atoms in total. The van der Waals surface area contributed by atoms with Crippen LogP contribution in [0.15, 0.2) is 18.2 Å². The third kappa shape index (κ3) is 2.86. The second-order valence-corrected chi connectivity index (χ2v) is 6.08. The van der Waals surface area contributed by atoms with Crippen molar-refractivity contribution in [1.82, 2.24) is 4.90 Å². The van der Waals surface area contributed by atoms with Gasteiger partial charge in [-0.15, -0.1) is 0 Å². The van der Waals surface area contributed by atoms with Gasteiger partial charge in [-0.3, -0.25) is 4.90 Å². The molecule has 3 heteroatoms. The lowest BCUT2D eigenvalue weighted by molar-refractivity contribution is 0.241. The first-order valence-corrected chi connectivity index (χ1v) is 7.33. The molecular formula is C16H23NO2. The van der Waals surface area contributed by atoms with E-state index in [1.165, 1.54) is 38.8 Å². The number of hydrogen-bond donors (Lipinski definition) is 1. The maximum absolute atomic E-state index is 10.00. The highest BCUT2D eigenvalue weighted by molar-refractivity contribution is 5.39. The summed E-state index contributed by atoms with van der Waals surface area (Å²) in [5.74, 6) is 2.95. The lowest BCUT2D eigenvalue weighted by Crippen LogP contribution is -2.27. The Kier molecular flexibility index (Phi) is 3.65. The van der Waals surface area contributed by atoms with Crippen LogP contribution in [-0.2, 0) is 6.54 Å². The molecule has 2 heterocycles. The molecular weight excluding hydrogens is 238 g/mol. The van der Waals surface area contributed by atoms with Gasteiger partial charge in [0.2, 0.25) is 0 Å². The van der Waals surface area contributed by atoms with E-state index in [1.54, 1.807) is 13.2 Å². The molecule has 4 rings (SSSR count). The Balaban J connectivity index is 1.74. The van der Waals surface area contributed by atoms with Crippen molar-refractivity contribution < 1.29 is 9.84 Å². The summed E-state index contributed by atoms with van der Waals surface area (Å²) in [6.45, 7) is 3.22. The molecule has 0 amide bonds. The van der Waals surface area contributed by atoms with Crippen LogP contribution in [0.25, 0.3) is 0 Å². The van der Waals surface area contributed by atoms with Crippen molar-refractivity contribution in [2.45, 2.75) is 32.2 Å². The first-order chi connectivity index (χ1) is 9.24. The van der Waals surface area contributed by atoms with Gasteiger partial charge < -0.3 is 9.84 Å². The monoisotopic (exact) mass is 261 g/mol. The maximum atomic E-state index is 10.00. The zero-order valence-corrected chi connectivity index (χ0v) is 11.6. The van der Waals surface area contributed by atoms with Crippen LogP contribution >= 0.6 is 0 Å². The number of fused-ring (bicyclic) bond motifs is 4. The second kappa shape index (κ2) is 5.41. The predicted molar refractivity (Wildman–Crippen MR) is 75.4 cm³/mol. The van der Waals surface area contributed by atoms with E-state index < -0.39 is 0 Å². The van der Waals surface area contributed by atoms with E-state index in [-0.39, 0.29) is 0 Å². The minimum atomic E-state index is 0.386. The summed E-state index contributed by atoms with van der Waals surface area (Å²) >= 11 is 0. The average molecular weight is 261 g/mol. The van der Waals surface area contributed by atoms with Crippen LogP contribution in [0.2, 0.25) is 0 Å². The fraction of sp³-hybridized carbons (Fsp3) is 0.625. The third-order valence-corrected chi connectivity index (χ3v) is 4.68. The first kappa shape index (κ1) is 12.8. The molecule has 1 aliphatic carbocycles. The molecule has 2 aliphatic heterocycles. The van der Waals surface area contributed by atoms with E-state index in [4.69, 9.17) is 4.74 Å². The van der Waals surface area contributed by atoms with Gasteiger partial charge in [-0.1, -0.05) is 0 Å². The van der Waals surface area contributed by atoms with E-state index in [9.17, 15) is 5.11 Å². The molecule has 104 valence electrons. The highest BCUT2D eigenvalue weighted by Crippen LogP contribution is 2.35. The number of rotatable bonds is 3. The molecule has 3 aliphatic rings. The van der Waals surface area contributed by atoms with E-state index in [0.29, 0.717) is 5.75 Å². The molecule has 0 aromatic heterocycles. The van der Waals surface area contributed by atoms with Crippen molar-refractivity contribution in [3.8, 4) is 11.5 Å². The fourth-order valence-electron chi connectivity index (χ4n) is 3.59. The molecule has 1 aromatic carbocycles. The van der Waals surface area contributed by atoms with Gasteiger partial charge in [0.1, 0.15) is 11.5 Å². The molecule has 3 fully saturated rings. The standard InChI is InChI=1S/C16H23NO2/c1-19-15-6-7-16(18)14(8-15)11-17-9-12-2-3-13(10-17)5-4-12/h6-8,12-13,18H,2-5,9-11H2,1H3. The molecule has 2 bridgehead atoms. The highest BCUT2D eigenvalue weighted by atomic mass is 16.5. The molecule has 1 saturated carbocycles. The second-order valence-electron chi connectivity index (χ2n) is 6.08. The molecule has 0 spiro atoms. The summed E-state index contributed by atoms with van der Waals surface area (Å²) in [5, 5.41) is 10.00. The van der Waals surface area contributed by atoms with Crippen LogP contribution in [0.5, 0.6) is 11.5 Å². The SMILES string of the molecule is COc1ccc(O)c(CN2CC3CCC(CC3)C2)c1. The summed E-state index contributed by atoms with van der Waals surface area (Å²) in [5.41, 5.74) is 0.987. The average Bonchev–Trinajstić information content (AvgIpc) is 2.73. The van der Waals surface area contributed by atoms with Crippen molar-refractivity contribution in [1.29, 1.82) is 0 Å². The number of hydrogen-bond acceptors (Lipinski definition) is 3. The Hall–Kier alpha value is -1.22. The van der Waals surface area contributed by atoms with Crippen molar-refractivity contribution >= 4 is 0 Å². The Morgan fingerprint density at radius 3 is 2.37 bits per heavy atom. The largest absolute Gasteiger partial charge is 0.508 e. The normalized spacial score (nSPS) is 27.2. The number of phenolic OH excluding ortho intramolecular Hbond substituents is 1. The molecule has 19 heavy (non-hydrogen) atoms. The molecule has 0 unspecified atom stereocenters. The lowest BCUT2D eigenvalue weighted by atomic mass is 9.84. The highest BCUT2D eigenvalue weighted by Gasteiger charge is 2.29. The number of phenols is 1. The Morgan fingerprint density at radius 1 is 1.16 bits per heavy atom.